The fraction of sp³-hybridized carbons (Fsp3) is 0.400. The summed E-state index contributed by atoms with van der Waals surface area (Å²) in [5.41, 5.74) is 1.33. The molecule has 1 unspecified atom stereocenters. The Hall–Kier alpha value is -0.180. The van der Waals surface area contributed by atoms with E-state index in [-0.39, 0.29) is 12.4 Å². The zero-order valence-electron chi connectivity index (χ0n) is 7.73. The zero-order valence-corrected chi connectivity index (χ0v) is 9.44. The van der Waals surface area contributed by atoms with Crippen molar-refractivity contribution < 1.29 is 0 Å². The van der Waals surface area contributed by atoms with E-state index in [9.17, 15) is 0 Å². The lowest BCUT2D eigenvalue weighted by molar-refractivity contribution is 0.602. The molecule has 1 N–H and O–H groups in total. The van der Waals surface area contributed by atoms with Crippen LogP contribution in [0.15, 0.2) is 30.3 Å². The Kier molecular flexibility index (Phi) is 7.14. The number of thiol groups is 1. The summed E-state index contributed by atoms with van der Waals surface area (Å²) >= 11 is 4.15. The Balaban J connectivity index is 0.00000144. The molecule has 0 spiro atoms. The fourth-order valence-electron chi connectivity index (χ4n) is 1.14. The van der Waals surface area contributed by atoms with Gasteiger partial charge < -0.3 is 5.32 Å². The molecule has 1 atom stereocenters. The Bertz CT molecular complexity index is 215. The number of halogens is 1. The second-order valence-electron chi connectivity index (χ2n) is 2.81. The van der Waals surface area contributed by atoms with Gasteiger partial charge >= 0.3 is 0 Å². The molecule has 74 valence electrons. The van der Waals surface area contributed by atoms with Gasteiger partial charge in [-0.1, -0.05) is 30.3 Å². The molecule has 1 rings (SSSR count). The molecule has 0 bridgehead atoms. The van der Waals surface area contributed by atoms with E-state index < -0.39 is 0 Å². The van der Waals surface area contributed by atoms with Crippen LogP contribution >= 0.6 is 25.0 Å². The van der Waals surface area contributed by atoms with Crippen LogP contribution in [-0.2, 0) is 0 Å². The van der Waals surface area contributed by atoms with Gasteiger partial charge in [-0.05, 0) is 12.5 Å². The quantitative estimate of drug-likeness (QED) is 0.740. The van der Waals surface area contributed by atoms with Gasteiger partial charge in [0.1, 0.15) is 0 Å². The van der Waals surface area contributed by atoms with E-state index in [2.05, 4.69) is 49.1 Å². The van der Waals surface area contributed by atoms with Crippen molar-refractivity contribution in [2.24, 2.45) is 0 Å². The van der Waals surface area contributed by atoms with Crippen LogP contribution in [0.1, 0.15) is 18.5 Å². The lowest BCUT2D eigenvalue weighted by Crippen LogP contribution is -2.20. The summed E-state index contributed by atoms with van der Waals surface area (Å²) in [6.07, 6.45) is 0. The highest BCUT2D eigenvalue weighted by Gasteiger charge is 2.00. The molecule has 1 aromatic rings. The molecule has 0 saturated carbocycles. The first-order valence-electron chi connectivity index (χ1n) is 4.24. The van der Waals surface area contributed by atoms with Crippen molar-refractivity contribution in [1.82, 2.24) is 5.32 Å². The topological polar surface area (TPSA) is 12.0 Å². The standard InChI is InChI=1S/C10H15NS.ClH/c1-9(11-7-8-12)10-5-3-2-4-6-10;/h2-6,9,11-12H,7-8H2,1H3;1H. The van der Waals surface area contributed by atoms with E-state index in [0.717, 1.165) is 12.3 Å². The number of hydrogen-bond donors (Lipinski definition) is 2. The Morgan fingerprint density at radius 2 is 1.92 bits per heavy atom. The number of rotatable bonds is 4. The second kappa shape index (κ2) is 7.25. The summed E-state index contributed by atoms with van der Waals surface area (Å²) in [7, 11) is 0. The Morgan fingerprint density at radius 3 is 2.46 bits per heavy atom. The molecule has 1 nitrogen and oxygen atoms in total. The van der Waals surface area contributed by atoms with Crippen molar-refractivity contribution in [3.63, 3.8) is 0 Å². The van der Waals surface area contributed by atoms with Gasteiger partial charge in [0.2, 0.25) is 0 Å². The van der Waals surface area contributed by atoms with E-state index in [1.54, 1.807) is 0 Å². The molecule has 13 heavy (non-hydrogen) atoms. The third-order valence-corrected chi connectivity index (χ3v) is 2.09. The number of hydrogen-bond acceptors (Lipinski definition) is 2. The first-order chi connectivity index (χ1) is 5.84. The lowest BCUT2D eigenvalue weighted by Gasteiger charge is -2.12. The van der Waals surface area contributed by atoms with Crippen LogP contribution in [0, 0.1) is 0 Å². The van der Waals surface area contributed by atoms with E-state index in [1.165, 1.54) is 5.56 Å². The molecule has 0 saturated heterocycles. The largest absolute Gasteiger partial charge is 0.309 e. The van der Waals surface area contributed by atoms with Gasteiger partial charge in [-0.15, -0.1) is 12.4 Å². The Labute approximate surface area is 91.7 Å². The minimum absolute atomic E-state index is 0. The van der Waals surface area contributed by atoms with Crippen LogP contribution in [0.25, 0.3) is 0 Å². The first kappa shape index (κ1) is 12.8. The van der Waals surface area contributed by atoms with Gasteiger partial charge in [0.25, 0.3) is 0 Å². The lowest BCUT2D eigenvalue weighted by atomic mass is 10.1. The number of nitrogens with one attached hydrogen (secondary N) is 1. The predicted molar refractivity (Wildman–Crippen MR) is 64.0 cm³/mol. The maximum atomic E-state index is 4.15. The third kappa shape index (κ3) is 4.55. The monoisotopic (exact) mass is 217 g/mol. The van der Waals surface area contributed by atoms with Crippen molar-refractivity contribution >= 4 is 25.0 Å². The van der Waals surface area contributed by atoms with Crippen LogP contribution in [0.5, 0.6) is 0 Å². The SMILES string of the molecule is CC(NCCS)c1ccccc1.Cl. The van der Waals surface area contributed by atoms with Gasteiger partial charge in [0.15, 0.2) is 0 Å². The molecule has 0 aliphatic heterocycles. The van der Waals surface area contributed by atoms with E-state index >= 15 is 0 Å². The average molecular weight is 218 g/mol. The maximum Gasteiger partial charge on any atom is 0.0292 e. The van der Waals surface area contributed by atoms with Gasteiger partial charge in [-0.2, -0.15) is 12.6 Å². The van der Waals surface area contributed by atoms with Crippen molar-refractivity contribution in [2.45, 2.75) is 13.0 Å². The first-order valence-corrected chi connectivity index (χ1v) is 4.87. The van der Waals surface area contributed by atoms with Gasteiger partial charge in [-0.3, -0.25) is 0 Å². The van der Waals surface area contributed by atoms with Crippen LogP contribution in [0.4, 0.5) is 0 Å². The summed E-state index contributed by atoms with van der Waals surface area (Å²) in [6, 6.07) is 10.9. The normalized spacial score (nSPS) is 11.8. The van der Waals surface area contributed by atoms with E-state index in [1.807, 2.05) is 6.07 Å². The smallest absolute Gasteiger partial charge is 0.0292 e. The van der Waals surface area contributed by atoms with Crippen molar-refractivity contribution in [3.8, 4) is 0 Å². The highest BCUT2D eigenvalue weighted by Crippen LogP contribution is 2.10. The summed E-state index contributed by atoms with van der Waals surface area (Å²) < 4.78 is 0. The van der Waals surface area contributed by atoms with Gasteiger partial charge in [0.05, 0.1) is 0 Å². The molecule has 0 amide bonds. The van der Waals surface area contributed by atoms with Crippen molar-refractivity contribution in [1.29, 1.82) is 0 Å². The molecule has 0 heterocycles. The molecule has 0 aliphatic carbocycles. The fourth-order valence-corrected chi connectivity index (χ4v) is 1.27. The van der Waals surface area contributed by atoms with Crippen LogP contribution in [-0.4, -0.2) is 12.3 Å². The number of benzene rings is 1. The minimum Gasteiger partial charge on any atom is -0.309 e. The molecule has 0 radical (unpaired) electrons. The molecule has 3 heteroatoms. The molecular weight excluding hydrogens is 202 g/mol. The summed E-state index contributed by atoms with van der Waals surface area (Å²) in [5.74, 6) is 0.886. The minimum atomic E-state index is 0. The molecule has 0 aliphatic rings. The molecule has 0 aromatic heterocycles. The van der Waals surface area contributed by atoms with Crippen LogP contribution < -0.4 is 5.32 Å². The van der Waals surface area contributed by atoms with Crippen LogP contribution in [0.3, 0.4) is 0 Å². The van der Waals surface area contributed by atoms with Crippen molar-refractivity contribution in [3.05, 3.63) is 35.9 Å². The van der Waals surface area contributed by atoms with Gasteiger partial charge in [0, 0.05) is 18.3 Å². The van der Waals surface area contributed by atoms with E-state index in [4.69, 9.17) is 0 Å². The average Bonchev–Trinajstić information content (AvgIpc) is 2.15. The van der Waals surface area contributed by atoms with E-state index in [0.29, 0.717) is 6.04 Å². The summed E-state index contributed by atoms with van der Waals surface area (Å²) in [6.45, 7) is 3.12. The van der Waals surface area contributed by atoms with Gasteiger partial charge in [-0.25, -0.2) is 0 Å². The summed E-state index contributed by atoms with van der Waals surface area (Å²) in [5, 5.41) is 3.37. The Morgan fingerprint density at radius 1 is 1.31 bits per heavy atom. The maximum absolute atomic E-state index is 4.15. The third-order valence-electron chi connectivity index (χ3n) is 1.86. The predicted octanol–water partition coefficient (Wildman–Crippen LogP) is 2.69. The van der Waals surface area contributed by atoms with Crippen LogP contribution in [0.2, 0.25) is 0 Å². The molecule has 0 fully saturated rings. The highest BCUT2D eigenvalue weighted by atomic mass is 35.5. The zero-order chi connectivity index (χ0) is 8.81. The second-order valence-corrected chi connectivity index (χ2v) is 3.26. The highest BCUT2D eigenvalue weighted by molar-refractivity contribution is 7.80. The summed E-state index contributed by atoms with van der Waals surface area (Å²) in [4.78, 5) is 0. The van der Waals surface area contributed by atoms with Crippen molar-refractivity contribution in [2.75, 3.05) is 12.3 Å². The molecule has 1 aromatic carbocycles. The molecular formula is C10H16ClNS.